The third kappa shape index (κ3) is 5.54. The van der Waals surface area contributed by atoms with Crippen LogP contribution in [0.25, 0.3) is 0 Å². The Labute approximate surface area is 98.1 Å². The van der Waals surface area contributed by atoms with Gasteiger partial charge in [0.1, 0.15) is 0 Å². The van der Waals surface area contributed by atoms with Gasteiger partial charge in [-0.1, -0.05) is 44.4 Å². The van der Waals surface area contributed by atoms with E-state index in [2.05, 4.69) is 12.2 Å². The number of Topliss-reactive ketones (excluding diaryl/α,β-unsaturated/α-hetero) is 1. The summed E-state index contributed by atoms with van der Waals surface area (Å²) in [5.74, 6) is 0.306. The molecule has 1 aromatic carbocycles. The highest BCUT2D eigenvalue weighted by molar-refractivity contribution is 5.82. The standard InChI is InChI=1S/C14H21NO/c1-2-3-4-8-11-14(16)12-15-13-9-6-5-7-10-13/h5-7,9-10,15H,2-4,8,11-12H2,1H3. The monoisotopic (exact) mass is 219 g/mol. The fourth-order valence-electron chi connectivity index (χ4n) is 1.59. The van der Waals surface area contributed by atoms with Crippen LogP contribution in [0, 0.1) is 0 Å². The molecule has 0 atom stereocenters. The number of nitrogens with one attached hydrogen (secondary N) is 1. The first kappa shape index (κ1) is 12.8. The van der Waals surface area contributed by atoms with E-state index in [4.69, 9.17) is 0 Å². The average Bonchev–Trinajstić information content (AvgIpc) is 2.33. The lowest BCUT2D eigenvalue weighted by Gasteiger charge is -2.05. The zero-order valence-electron chi connectivity index (χ0n) is 10.0. The zero-order chi connectivity index (χ0) is 11.6. The lowest BCUT2D eigenvalue weighted by atomic mass is 10.1. The molecule has 88 valence electrons. The molecule has 2 nitrogen and oxygen atoms in total. The molecular weight excluding hydrogens is 198 g/mol. The summed E-state index contributed by atoms with van der Waals surface area (Å²) in [5.41, 5.74) is 1.02. The van der Waals surface area contributed by atoms with Crippen LogP contribution in [-0.4, -0.2) is 12.3 Å². The molecule has 0 aliphatic carbocycles. The molecule has 0 bridgehead atoms. The van der Waals surface area contributed by atoms with Crippen molar-refractivity contribution in [3.05, 3.63) is 30.3 Å². The van der Waals surface area contributed by atoms with Gasteiger partial charge in [0.05, 0.1) is 6.54 Å². The van der Waals surface area contributed by atoms with E-state index in [1.165, 1.54) is 19.3 Å². The van der Waals surface area contributed by atoms with Gasteiger partial charge in [-0.3, -0.25) is 4.79 Å². The van der Waals surface area contributed by atoms with Crippen molar-refractivity contribution >= 4 is 11.5 Å². The van der Waals surface area contributed by atoms with Gasteiger partial charge in [-0.15, -0.1) is 0 Å². The number of ketones is 1. The number of anilines is 1. The van der Waals surface area contributed by atoms with Gasteiger partial charge in [0, 0.05) is 12.1 Å². The van der Waals surface area contributed by atoms with Crippen LogP contribution in [-0.2, 0) is 4.79 Å². The molecular formula is C14H21NO. The van der Waals surface area contributed by atoms with Crippen LogP contribution >= 0.6 is 0 Å². The van der Waals surface area contributed by atoms with Crippen molar-refractivity contribution in [3.63, 3.8) is 0 Å². The number of benzene rings is 1. The minimum atomic E-state index is 0.306. The lowest BCUT2D eigenvalue weighted by Crippen LogP contribution is -2.13. The highest BCUT2D eigenvalue weighted by atomic mass is 16.1. The van der Waals surface area contributed by atoms with E-state index in [9.17, 15) is 4.79 Å². The van der Waals surface area contributed by atoms with Crippen LogP contribution in [0.4, 0.5) is 5.69 Å². The van der Waals surface area contributed by atoms with E-state index in [-0.39, 0.29) is 0 Å². The Balaban J connectivity index is 2.11. The first-order chi connectivity index (χ1) is 7.83. The number of unbranched alkanes of at least 4 members (excludes halogenated alkanes) is 3. The number of rotatable bonds is 8. The first-order valence-corrected chi connectivity index (χ1v) is 6.13. The summed E-state index contributed by atoms with van der Waals surface area (Å²) in [6, 6.07) is 9.86. The number of carbonyl (C=O) groups excluding carboxylic acids is 1. The summed E-state index contributed by atoms with van der Waals surface area (Å²) >= 11 is 0. The van der Waals surface area contributed by atoms with Gasteiger partial charge in [0.25, 0.3) is 0 Å². The molecule has 0 fully saturated rings. The molecule has 1 aromatic rings. The summed E-state index contributed by atoms with van der Waals surface area (Å²) in [5, 5.41) is 3.14. The molecule has 0 unspecified atom stereocenters. The minimum absolute atomic E-state index is 0.306. The third-order valence-corrected chi connectivity index (χ3v) is 2.57. The molecule has 0 heterocycles. The van der Waals surface area contributed by atoms with Crippen LogP contribution in [0.3, 0.4) is 0 Å². The fraction of sp³-hybridized carbons (Fsp3) is 0.500. The lowest BCUT2D eigenvalue weighted by molar-refractivity contribution is -0.117. The summed E-state index contributed by atoms with van der Waals surface area (Å²) < 4.78 is 0. The summed E-state index contributed by atoms with van der Waals surface area (Å²) in [4.78, 5) is 11.5. The Morgan fingerprint density at radius 3 is 2.56 bits per heavy atom. The van der Waals surface area contributed by atoms with Crippen LogP contribution in [0.15, 0.2) is 30.3 Å². The SMILES string of the molecule is CCCCCCC(=O)CNc1ccccc1. The molecule has 0 radical (unpaired) electrons. The van der Waals surface area contributed by atoms with Crippen molar-refractivity contribution in [2.75, 3.05) is 11.9 Å². The Bertz CT molecular complexity index is 295. The van der Waals surface area contributed by atoms with Gasteiger partial charge in [-0.2, -0.15) is 0 Å². The van der Waals surface area contributed by atoms with Gasteiger partial charge < -0.3 is 5.32 Å². The zero-order valence-corrected chi connectivity index (χ0v) is 10.0. The maximum atomic E-state index is 11.5. The fourth-order valence-corrected chi connectivity index (χ4v) is 1.59. The van der Waals surface area contributed by atoms with Crippen molar-refractivity contribution in [1.82, 2.24) is 0 Å². The Hall–Kier alpha value is -1.31. The van der Waals surface area contributed by atoms with Crippen molar-refractivity contribution in [2.45, 2.75) is 39.0 Å². The van der Waals surface area contributed by atoms with E-state index < -0.39 is 0 Å². The van der Waals surface area contributed by atoms with Crippen molar-refractivity contribution in [1.29, 1.82) is 0 Å². The van der Waals surface area contributed by atoms with E-state index in [0.717, 1.165) is 12.1 Å². The molecule has 16 heavy (non-hydrogen) atoms. The van der Waals surface area contributed by atoms with Crippen LogP contribution in [0.2, 0.25) is 0 Å². The van der Waals surface area contributed by atoms with Crippen molar-refractivity contribution in [3.8, 4) is 0 Å². The van der Waals surface area contributed by atoms with E-state index in [0.29, 0.717) is 18.7 Å². The van der Waals surface area contributed by atoms with Crippen LogP contribution in [0.5, 0.6) is 0 Å². The van der Waals surface area contributed by atoms with E-state index in [1.807, 2.05) is 30.3 Å². The molecule has 0 saturated carbocycles. The predicted molar refractivity (Wildman–Crippen MR) is 68.7 cm³/mol. The maximum absolute atomic E-state index is 11.5. The first-order valence-electron chi connectivity index (χ1n) is 6.13. The average molecular weight is 219 g/mol. The van der Waals surface area contributed by atoms with E-state index >= 15 is 0 Å². The molecule has 1 rings (SSSR count). The molecule has 0 aliphatic rings. The van der Waals surface area contributed by atoms with Crippen molar-refractivity contribution in [2.24, 2.45) is 0 Å². The summed E-state index contributed by atoms with van der Waals surface area (Å²) in [6.45, 7) is 2.63. The topological polar surface area (TPSA) is 29.1 Å². The van der Waals surface area contributed by atoms with Crippen molar-refractivity contribution < 1.29 is 4.79 Å². The highest BCUT2D eigenvalue weighted by Crippen LogP contribution is 2.06. The second-order valence-corrected chi connectivity index (χ2v) is 4.07. The molecule has 0 aliphatic heterocycles. The predicted octanol–water partition coefficient (Wildman–Crippen LogP) is 3.64. The summed E-state index contributed by atoms with van der Waals surface area (Å²) in [7, 11) is 0. The maximum Gasteiger partial charge on any atom is 0.151 e. The Kier molecular flexibility index (Phi) is 6.31. The highest BCUT2D eigenvalue weighted by Gasteiger charge is 2.00. The quantitative estimate of drug-likeness (QED) is 0.676. The second-order valence-electron chi connectivity index (χ2n) is 4.07. The number of hydrogen-bond donors (Lipinski definition) is 1. The molecule has 0 amide bonds. The Morgan fingerprint density at radius 2 is 1.88 bits per heavy atom. The number of para-hydroxylation sites is 1. The third-order valence-electron chi connectivity index (χ3n) is 2.57. The van der Waals surface area contributed by atoms with Crippen LogP contribution in [0.1, 0.15) is 39.0 Å². The smallest absolute Gasteiger partial charge is 0.151 e. The molecule has 2 heteroatoms. The number of carbonyl (C=O) groups is 1. The van der Waals surface area contributed by atoms with Gasteiger partial charge in [-0.05, 0) is 18.6 Å². The summed E-state index contributed by atoms with van der Waals surface area (Å²) in [6.07, 6.45) is 5.37. The van der Waals surface area contributed by atoms with Gasteiger partial charge in [-0.25, -0.2) is 0 Å². The second kappa shape index (κ2) is 7.91. The van der Waals surface area contributed by atoms with E-state index in [1.54, 1.807) is 0 Å². The minimum Gasteiger partial charge on any atom is -0.378 e. The van der Waals surface area contributed by atoms with Crippen LogP contribution < -0.4 is 5.32 Å². The Morgan fingerprint density at radius 1 is 1.12 bits per heavy atom. The van der Waals surface area contributed by atoms with Gasteiger partial charge in [0.2, 0.25) is 0 Å². The molecule has 0 saturated heterocycles. The normalized spacial score (nSPS) is 10.1. The van der Waals surface area contributed by atoms with Gasteiger partial charge in [0.15, 0.2) is 5.78 Å². The molecule has 0 aromatic heterocycles. The molecule has 1 N–H and O–H groups in total. The molecule has 0 spiro atoms. The largest absolute Gasteiger partial charge is 0.378 e. The van der Waals surface area contributed by atoms with Gasteiger partial charge >= 0.3 is 0 Å². The number of hydrogen-bond acceptors (Lipinski definition) is 2.